The molecule has 0 aliphatic heterocycles. The van der Waals surface area contributed by atoms with Crippen LogP contribution in [0.3, 0.4) is 0 Å². The van der Waals surface area contributed by atoms with E-state index in [1.54, 1.807) is 0 Å². The van der Waals surface area contributed by atoms with Crippen LogP contribution in [0, 0.1) is 11.3 Å². The molecule has 0 aromatic heterocycles. The highest BCUT2D eigenvalue weighted by Gasteiger charge is 2.53. The summed E-state index contributed by atoms with van der Waals surface area (Å²) in [6, 6.07) is 11.1. The molecular formula is C24H26O. The minimum absolute atomic E-state index is 0.0770. The van der Waals surface area contributed by atoms with E-state index in [2.05, 4.69) is 57.2 Å². The van der Waals surface area contributed by atoms with Crippen LogP contribution < -0.4 is 0 Å². The fourth-order valence-electron chi connectivity index (χ4n) is 5.65. The molecule has 2 atom stereocenters. The van der Waals surface area contributed by atoms with Crippen LogP contribution in [-0.2, 0) is 11.8 Å². The van der Waals surface area contributed by atoms with E-state index < -0.39 is 0 Å². The van der Waals surface area contributed by atoms with Gasteiger partial charge in [-0.1, -0.05) is 56.7 Å². The second kappa shape index (κ2) is 4.84. The van der Waals surface area contributed by atoms with Crippen LogP contribution >= 0.6 is 0 Å². The first-order valence-corrected chi connectivity index (χ1v) is 9.67. The molecule has 0 heterocycles. The molecular weight excluding hydrogens is 304 g/mol. The fraction of sp³-hybridized carbons (Fsp3) is 0.458. The van der Waals surface area contributed by atoms with Gasteiger partial charge < -0.3 is 0 Å². The minimum Gasteiger partial charge on any atom is -0.294 e. The Bertz CT molecular complexity index is 940. The maximum atomic E-state index is 13.5. The van der Waals surface area contributed by atoms with E-state index in [-0.39, 0.29) is 10.8 Å². The third-order valence-corrected chi connectivity index (χ3v) is 6.97. The van der Waals surface area contributed by atoms with Crippen LogP contribution in [0.2, 0.25) is 0 Å². The van der Waals surface area contributed by atoms with Gasteiger partial charge in [0.2, 0.25) is 0 Å². The lowest BCUT2D eigenvalue weighted by Gasteiger charge is -2.39. The van der Waals surface area contributed by atoms with E-state index in [1.165, 1.54) is 33.9 Å². The molecule has 0 N–H and O–H groups in total. The zero-order valence-corrected chi connectivity index (χ0v) is 15.5. The molecule has 0 amide bonds. The SMILES string of the molecule is CC(C)(C)c1cccc2cc3c(cc12)CCC1(CC2=CCC1C2)C3=O. The van der Waals surface area contributed by atoms with Crippen LogP contribution in [-0.4, -0.2) is 5.78 Å². The third kappa shape index (κ3) is 2.05. The van der Waals surface area contributed by atoms with Crippen LogP contribution in [0.25, 0.3) is 10.8 Å². The molecule has 1 nitrogen and oxygen atoms in total. The summed E-state index contributed by atoms with van der Waals surface area (Å²) in [7, 11) is 0. The highest BCUT2D eigenvalue weighted by molar-refractivity contribution is 6.07. The van der Waals surface area contributed by atoms with Crippen LogP contribution in [0.15, 0.2) is 42.0 Å². The number of carbonyl (C=O) groups is 1. The largest absolute Gasteiger partial charge is 0.294 e. The van der Waals surface area contributed by atoms with Crippen molar-refractivity contribution in [2.75, 3.05) is 0 Å². The van der Waals surface area contributed by atoms with Gasteiger partial charge in [-0.25, -0.2) is 0 Å². The van der Waals surface area contributed by atoms with Crippen molar-refractivity contribution in [2.24, 2.45) is 11.3 Å². The predicted octanol–water partition coefficient (Wildman–Crippen LogP) is 5.99. The summed E-state index contributed by atoms with van der Waals surface area (Å²) in [6.45, 7) is 6.80. The molecule has 5 rings (SSSR count). The number of ketones is 1. The van der Waals surface area contributed by atoms with Crippen molar-refractivity contribution in [1.29, 1.82) is 0 Å². The van der Waals surface area contributed by atoms with Gasteiger partial charge in [0, 0.05) is 11.0 Å². The molecule has 3 aliphatic rings. The first kappa shape index (κ1) is 15.4. The molecule has 0 radical (unpaired) electrons. The number of benzene rings is 2. The number of Topliss-reactive ketones (excluding diaryl/α,β-unsaturated/α-hetero) is 1. The number of rotatable bonds is 0. The zero-order valence-electron chi connectivity index (χ0n) is 15.5. The number of aryl methyl sites for hydroxylation is 1. The van der Waals surface area contributed by atoms with Crippen LogP contribution in [0.1, 0.15) is 67.9 Å². The molecule has 1 fully saturated rings. The lowest BCUT2D eigenvalue weighted by molar-refractivity contribution is 0.0671. The van der Waals surface area contributed by atoms with Crippen molar-refractivity contribution < 1.29 is 4.79 Å². The Balaban J connectivity index is 1.67. The molecule has 1 heteroatoms. The maximum absolute atomic E-state index is 13.5. The molecule has 128 valence electrons. The van der Waals surface area contributed by atoms with Crippen molar-refractivity contribution >= 4 is 16.6 Å². The number of carbonyl (C=O) groups excluding carboxylic acids is 1. The summed E-state index contributed by atoms with van der Waals surface area (Å²) >= 11 is 0. The Morgan fingerprint density at radius 1 is 1.16 bits per heavy atom. The maximum Gasteiger partial charge on any atom is 0.169 e. The third-order valence-electron chi connectivity index (χ3n) is 6.97. The monoisotopic (exact) mass is 330 g/mol. The predicted molar refractivity (Wildman–Crippen MR) is 103 cm³/mol. The normalized spacial score (nSPS) is 27.9. The summed E-state index contributed by atoms with van der Waals surface area (Å²) in [5.74, 6) is 1.00. The first-order valence-electron chi connectivity index (χ1n) is 9.67. The van der Waals surface area contributed by atoms with E-state index in [0.29, 0.717) is 11.7 Å². The highest BCUT2D eigenvalue weighted by atomic mass is 16.1. The van der Waals surface area contributed by atoms with E-state index in [0.717, 1.165) is 31.2 Å². The second-order valence-corrected chi connectivity index (χ2v) is 9.45. The molecule has 25 heavy (non-hydrogen) atoms. The van der Waals surface area contributed by atoms with Crippen molar-refractivity contribution in [2.45, 2.75) is 58.3 Å². The van der Waals surface area contributed by atoms with E-state index in [9.17, 15) is 4.79 Å². The zero-order chi connectivity index (χ0) is 17.4. The fourth-order valence-corrected chi connectivity index (χ4v) is 5.65. The van der Waals surface area contributed by atoms with Crippen molar-refractivity contribution in [3.8, 4) is 0 Å². The number of allylic oxidation sites excluding steroid dienone is 2. The quantitative estimate of drug-likeness (QED) is 0.542. The van der Waals surface area contributed by atoms with Crippen LogP contribution in [0.4, 0.5) is 0 Å². The van der Waals surface area contributed by atoms with Crippen molar-refractivity contribution in [3.05, 3.63) is 58.7 Å². The Morgan fingerprint density at radius 2 is 2.00 bits per heavy atom. The average molecular weight is 330 g/mol. The number of fused-ring (bicyclic) bond motifs is 5. The topological polar surface area (TPSA) is 17.1 Å². The van der Waals surface area contributed by atoms with E-state index in [1.807, 2.05) is 0 Å². The molecule has 3 aliphatic carbocycles. The van der Waals surface area contributed by atoms with E-state index in [4.69, 9.17) is 0 Å². The summed E-state index contributed by atoms with van der Waals surface area (Å²) in [5, 5.41) is 2.55. The van der Waals surface area contributed by atoms with Gasteiger partial charge in [0.25, 0.3) is 0 Å². The molecule has 1 saturated carbocycles. The van der Waals surface area contributed by atoms with Gasteiger partial charge in [-0.15, -0.1) is 0 Å². The van der Waals surface area contributed by atoms with Crippen molar-refractivity contribution in [1.82, 2.24) is 0 Å². The second-order valence-electron chi connectivity index (χ2n) is 9.45. The van der Waals surface area contributed by atoms with Gasteiger partial charge >= 0.3 is 0 Å². The first-order chi connectivity index (χ1) is 11.9. The molecule has 0 saturated heterocycles. The van der Waals surface area contributed by atoms with Gasteiger partial charge in [0.1, 0.15) is 0 Å². The lowest BCUT2D eigenvalue weighted by Crippen LogP contribution is -2.39. The van der Waals surface area contributed by atoms with Crippen molar-refractivity contribution in [3.63, 3.8) is 0 Å². The molecule has 1 spiro atoms. The average Bonchev–Trinajstić information content (AvgIpc) is 3.17. The van der Waals surface area contributed by atoms with Gasteiger partial charge in [-0.3, -0.25) is 4.79 Å². The van der Waals surface area contributed by atoms with Gasteiger partial charge in [-0.05, 0) is 71.4 Å². The van der Waals surface area contributed by atoms with Crippen LogP contribution in [0.5, 0.6) is 0 Å². The minimum atomic E-state index is -0.0770. The summed E-state index contributed by atoms with van der Waals surface area (Å²) in [5.41, 5.74) is 5.25. The Labute approximate surface area is 150 Å². The molecule has 2 bridgehead atoms. The molecule has 2 aromatic rings. The summed E-state index contributed by atoms with van der Waals surface area (Å²) in [6.07, 6.45) is 7.80. The Morgan fingerprint density at radius 3 is 2.68 bits per heavy atom. The summed E-state index contributed by atoms with van der Waals surface area (Å²) < 4.78 is 0. The van der Waals surface area contributed by atoms with Gasteiger partial charge in [0.15, 0.2) is 5.78 Å². The smallest absolute Gasteiger partial charge is 0.169 e. The number of hydrogen-bond acceptors (Lipinski definition) is 1. The Kier molecular flexibility index (Phi) is 2.98. The van der Waals surface area contributed by atoms with Gasteiger partial charge in [-0.2, -0.15) is 0 Å². The Hall–Kier alpha value is -1.89. The highest BCUT2D eigenvalue weighted by Crippen LogP contribution is 2.58. The molecule has 2 aromatic carbocycles. The van der Waals surface area contributed by atoms with Gasteiger partial charge in [0.05, 0.1) is 0 Å². The van der Waals surface area contributed by atoms with E-state index >= 15 is 0 Å². The summed E-state index contributed by atoms with van der Waals surface area (Å²) in [4.78, 5) is 13.5. The lowest BCUT2D eigenvalue weighted by atomic mass is 9.63. The standard InChI is InChI=1S/C24H26O/c1-23(2,3)21-6-4-5-16-13-20-17(12-19(16)21)9-10-24(22(20)25)14-15-7-8-18(24)11-15/h4-7,12-13,18H,8-11,14H2,1-3H3. The molecule has 2 unspecified atom stereocenters. The number of hydrogen-bond donors (Lipinski definition) is 0.